The SMILES string of the molecule is Nc1ccc2c(NCCC[C@@H]3NC(=O)NC3=O)ncnc2n1. The maximum Gasteiger partial charge on any atom is 0.322 e. The van der Waals surface area contributed by atoms with E-state index < -0.39 is 12.1 Å². The van der Waals surface area contributed by atoms with Crippen LogP contribution in [-0.2, 0) is 4.79 Å². The number of rotatable bonds is 5. The van der Waals surface area contributed by atoms with E-state index in [1.807, 2.05) is 6.07 Å². The summed E-state index contributed by atoms with van der Waals surface area (Å²) in [4.78, 5) is 34.8. The molecule has 3 rings (SSSR count). The average Bonchev–Trinajstić information content (AvgIpc) is 2.81. The number of fused-ring (bicyclic) bond motifs is 1. The summed E-state index contributed by atoms with van der Waals surface area (Å²) < 4.78 is 0. The predicted molar refractivity (Wildman–Crippen MR) is 79.9 cm³/mol. The fourth-order valence-electron chi connectivity index (χ4n) is 2.27. The van der Waals surface area contributed by atoms with Crippen LogP contribution in [0.15, 0.2) is 18.5 Å². The van der Waals surface area contributed by atoms with Gasteiger partial charge in [-0.15, -0.1) is 0 Å². The topological polar surface area (TPSA) is 135 Å². The summed E-state index contributed by atoms with van der Waals surface area (Å²) >= 11 is 0. The number of anilines is 2. The van der Waals surface area contributed by atoms with Crippen LogP contribution >= 0.6 is 0 Å². The highest BCUT2D eigenvalue weighted by Gasteiger charge is 2.28. The lowest BCUT2D eigenvalue weighted by Crippen LogP contribution is -2.29. The average molecular weight is 301 g/mol. The lowest BCUT2D eigenvalue weighted by Gasteiger charge is -2.09. The highest BCUT2D eigenvalue weighted by atomic mass is 16.2. The van der Waals surface area contributed by atoms with E-state index in [2.05, 4.69) is 30.9 Å². The van der Waals surface area contributed by atoms with Gasteiger partial charge in [0.25, 0.3) is 5.91 Å². The molecule has 0 aliphatic carbocycles. The Hall–Kier alpha value is -2.97. The number of amides is 3. The van der Waals surface area contributed by atoms with E-state index in [0.29, 0.717) is 36.7 Å². The van der Waals surface area contributed by atoms with Crippen LogP contribution in [0.25, 0.3) is 11.0 Å². The second kappa shape index (κ2) is 5.80. The summed E-state index contributed by atoms with van der Waals surface area (Å²) in [6, 6.07) is 2.60. The standard InChI is InChI=1S/C13H15N7O2/c14-9-4-3-7-10(16-6-17-11(7)19-9)15-5-1-2-8-12(21)20-13(22)18-8/h3-4,6,8H,1-2,5H2,(H2,18,20,21,22)(H3,14,15,16,17,19)/t8-/m0/s1. The molecule has 1 saturated heterocycles. The zero-order chi connectivity index (χ0) is 15.5. The van der Waals surface area contributed by atoms with Crippen molar-refractivity contribution in [1.82, 2.24) is 25.6 Å². The third kappa shape index (κ3) is 2.87. The van der Waals surface area contributed by atoms with Crippen molar-refractivity contribution in [2.45, 2.75) is 18.9 Å². The molecule has 1 aliphatic rings. The minimum Gasteiger partial charge on any atom is -0.384 e. The molecule has 9 heteroatoms. The minimum absolute atomic E-state index is 0.280. The number of pyridine rings is 1. The summed E-state index contributed by atoms with van der Waals surface area (Å²) in [5.74, 6) is 0.787. The second-order valence-electron chi connectivity index (χ2n) is 4.91. The molecule has 0 aromatic carbocycles. The predicted octanol–water partition coefficient (Wildman–Crippen LogP) is 0.00710. The molecular formula is C13H15N7O2. The Morgan fingerprint density at radius 3 is 2.91 bits per heavy atom. The van der Waals surface area contributed by atoms with Gasteiger partial charge in [0.15, 0.2) is 5.65 Å². The summed E-state index contributed by atoms with van der Waals surface area (Å²) in [6.45, 7) is 0.607. The fourth-order valence-corrected chi connectivity index (χ4v) is 2.27. The Morgan fingerprint density at radius 1 is 1.27 bits per heavy atom. The lowest BCUT2D eigenvalue weighted by molar-refractivity contribution is -0.120. The first-order chi connectivity index (χ1) is 10.6. The Balaban J connectivity index is 1.58. The number of imide groups is 1. The number of nitrogens with two attached hydrogens (primary N) is 1. The molecule has 2 aromatic heterocycles. The monoisotopic (exact) mass is 301 g/mol. The van der Waals surface area contributed by atoms with Crippen molar-refractivity contribution in [3.8, 4) is 0 Å². The van der Waals surface area contributed by atoms with Gasteiger partial charge >= 0.3 is 6.03 Å². The molecule has 0 saturated carbocycles. The Morgan fingerprint density at radius 2 is 2.14 bits per heavy atom. The lowest BCUT2D eigenvalue weighted by atomic mass is 10.1. The first-order valence-corrected chi connectivity index (χ1v) is 6.86. The second-order valence-corrected chi connectivity index (χ2v) is 4.91. The van der Waals surface area contributed by atoms with Crippen LogP contribution in [0, 0.1) is 0 Å². The van der Waals surface area contributed by atoms with E-state index in [-0.39, 0.29) is 5.91 Å². The van der Waals surface area contributed by atoms with Gasteiger partial charge in [0, 0.05) is 6.54 Å². The van der Waals surface area contributed by atoms with Gasteiger partial charge in [0.1, 0.15) is 24.0 Å². The first-order valence-electron chi connectivity index (χ1n) is 6.86. The molecule has 0 unspecified atom stereocenters. The number of carbonyl (C=O) groups is 2. The molecule has 22 heavy (non-hydrogen) atoms. The van der Waals surface area contributed by atoms with Crippen LogP contribution in [0.4, 0.5) is 16.4 Å². The van der Waals surface area contributed by atoms with Gasteiger partial charge in [0.2, 0.25) is 0 Å². The molecule has 1 atom stereocenters. The zero-order valence-corrected chi connectivity index (χ0v) is 11.7. The third-order valence-electron chi connectivity index (χ3n) is 3.34. The van der Waals surface area contributed by atoms with E-state index in [1.54, 1.807) is 6.07 Å². The molecule has 0 bridgehead atoms. The molecule has 5 N–H and O–H groups in total. The molecular weight excluding hydrogens is 286 g/mol. The smallest absolute Gasteiger partial charge is 0.322 e. The number of nitrogen functional groups attached to an aromatic ring is 1. The molecule has 3 amide bonds. The van der Waals surface area contributed by atoms with E-state index in [1.165, 1.54) is 6.33 Å². The van der Waals surface area contributed by atoms with Crippen LogP contribution in [0.2, 0.25) is 0 Å². The number of hydrogen-bond acceptors (Lipinski definition) is 7. The van der Waals surface area contributed by atoms with Gasteiger partial charge in [-0.3, -0.25) is 10.1 Å². The van der Waals surface area contributed by atoms with Gasteiger partial charge in [-0.2, -0.15) is 0 Å². The van der Waals surface area contributed by atoms with Gasteiger partial charge < -0.3 is 16.4 Å². The van der Waals surface area contributed by atoms with E-state index in [4.69, 9.17) is 5.73 Å². The van der Waals surface area contributed by atoms with E-state index in [0.717, 1.165) is 5.39 Å². The Kier molecular flexibility index (Phi) is 3.69. The summed E-state index contributed by atoms with van der Waals surface area (Å²) in [7, 11) is 0. The van der Waals surface area contributed by atoms with Crippen LogP contribution in [0.5, 0.6) is 0 Å². The van der Waals surface area contributed by atoms with Gasteiger partial charge in [-0.25, -0.2) is 19.7 Å². The molecule has 9 nitrogen and oxygen atoms in total. The van der Waals surface area contributed by atoms with Gasteiger partial charge in [-0.1, -0.05) is 0 Å². The molecule has 0 spiro atoms. The highest BCUT2D eigenvalue weighted by Crippen LogP contribution is 2.18. The van der Waals surface area contributed by atoms with Crippen molar-refractivity contribution in [1.29, 1.82) is 0 Å². The van der Waals surface area contributed by atoms with E-state index in [9.17, 15) is 9.59 Å². The fraction of sp³-hybridized carbons (Fsp3) is 0.308. The Labute approximate surface area is 125 Å². The number of nitrogens with one attached hydrogen (secondary N) is 3. The quantitative estimate of drug-likeness (QED) is 0.451. The van der Waals surface area contributed by atoms with E-state index >= 15 is 0 Å². The molecule has 1 fully saturated rings. The highest BCUT2D eigenvalue weighted by molar-refractivity contribution is 6.04. The van der Waals surface area contributed by atoms with Gasteiger partial charge in [0.05, 0.1) is 5.39 Å². The molecule has 2 aromatic rings. The van der Waals surface area contributed by atoms with Gasteiger partial charge in [-0.05, 0) is 25.0 Å². The molecule has 0 radical (unpaired) electrons. The minimum atomic E-state index is -0.460. The summed E-state index contributed by atoms with van der Waals surface area (Å²) in [6.07, 6.45) is 2.67. The Bertz CT molecular complexity index is 733. The molecule has 1 aliphatic heterocycles. The van der Waals surface area contributed by atoms with Crippen molar-refractivity contribution in [2.75, 3.05) is 17.6 Å². The summed E-state index contributed by atoms with van der Waals surface area (Å²) in [5, 5.41) is 8.73. The molecule has 114 valence electrons. The number of hydrogen-bond donors (Lipinski definition) is 4. The van der Waals surface area contributed by atoms with Crippen molar-refractivity contribution in [3.63, 3.8) is 0 Å². The first kappa shape index (κ1) is 14.0. The normalized spacial score (nSPS) is 17.4. The van der Waals surface area contributed by atoms with Crippen LogP contribution < -0.4 is 21.7 Å². The van der Waals surface area contributed by atoms with Crippen LogP contribution in [-0.4, -0.2) is 39.5 Å². The van der Waals surface area contributed by atoms with Crippen LogP contribution in [0.3, 0.4) is 0 Å². The van der Waals surface area contributed by atoms with Crippen molar-refractivity contribution in [2.24, 2.45) is 0 Å². The number of aromatic nitrogens is 3. The molecule has 3 heterocycles. The van der Waals surface area contributed by atoms with Crippen molar-refractivity contribution in [3.05, 3.63) is 18.5 Å². The van der Waals surface area contributed by atoms with Crippen molar-refractivity contribution >= 4 is 34.6 Å². The van der Waals surface area contributed by atoms with Crippen molar-refractivity contribution < 1.29 is 9.59 Å². The maximum absolute atomic E-state index is 11.4. The zero-order valence-electron chi connectivity index (χ0n) is 11.7. The third-order valence-corrected chi connectivity index (χ3v) is 3.34. The summed E-state index contributed by atoms with van der Waals surface area (Å²) in [5.41, 5.74) is 6.15. The largest absolute Gasteiger partial charge is 0.384 e. The number of nitrogens with zero attached hydrogens (tertiary/aromatic N) is 3. The van der Waals surface area contributed by atoms with Crippen LogP contribution in [0.1, 0.15) is 12.8 Å². The maximum atomic E-state index is 11.4. The number of carbonyl (C=O) groups excluding carboxylic acids is 2. The number of urea groups is 1.